The van der Waals surface area contributed by atoms with Crippen molar-refractivity contribution in [3.05, 3.63) is 34.3 Å². The molecule has 0 bridgehead atoms. The van der Waals surface area contributed by atoms with E-state index in [0.29, 0.717) is 46.2 Å². The highest BCUT2D eigenvalue weighted by molar-refractivity contribution is 7.17. The Kier molecular flexibility index (Phi) is 6.15. The molecule has 0 saturated heterocycles. The van der Waals surface area contributed by atoms with Crippen LogP contribution >= 0.6 is 11.3 Å². The summed E-state index contributed by atoms with van der Waals surface area (Å²) in [5, 5.41) is 2.98. The number of hydrogen-bond donors (Lipinski definition) is 1. The van der Waals surface area contributed by atoms with E-state index in [4.69, 9.17) is 18.9 Å². The number of anilines is 1. The number of aryl methyl sites for hydroxylation is 1. The molecule has 8 nitrogen and oxygen atoms in total. The third-order valence-electron chi connectivity index (χ3n) is 3.77. The smallest absolute Gasteiger partial charge is 0.350 e. The van der Waals surface area contributed by atoms with Crippen molar-refractivity contribution < 1.29 is 28.5 Å². The van der Waals surface area contributed by atoms with E-state index >= 15 is 0 Å². The quantitative estimate of drug-likeness (QED) is 0.584. The molecule has 0 saturated carbocycles. The molecule has 1 aromatic carbocycles. The van der Waals surface area contributed by atoms with Gasteiger partial charge in [0.15, 0.2) is 16.6 Å². The number of esters is 1. The fourth-order valence-corrected chi connectivity index (χ4v) is 3.41. The normalized spacial score (nSPS) is 12.7. The summed E-state index contributed by atoms with van der Waals surface area (Å²) < 4.78 is 21.4. The number of amides is 1. The Morgan fingerprint density at radius 2 is 2.11 bits per heavy atom. The van der Waals surface area contributed by atoms with Crippen molar-refractivity contribution in [3.63, 3.8) is 0 Å². The number of benzene rings is 1. The molecule has 1 amide bonds. The fraction of sp³-hybridized carbons (Fsp3) is 0.316. The van der Waals surface area contributed by atoms with Crippen LogP contribution in [0.5, 0.6) is 17.2 Å². The molecule has 148 valence electrons. The van der Waals surface area contributed by atoms with Crippen LogP contribution in [-0.2, 0) is 9.53 Å². The van der Waals surface area contributed by atoms with Crippen molar-refractivity contribution in [1.82, 2.24) is 4.98 Å². The maximum Gasteiger partial charge on any atom is 0.350 e. The van der Waals surface area contributed by atoms with Crippen molar-refractivity contribution >= 4 is 34.4 Å². The summed E-state index contributed by atoms with van der Waals surface area (Å²) in [6.45, 7) is 4.61. The lowest BCUT2D eigenvalue weighted by molar-refractivity contribution is -0.111. The molecular weight excluding hydrogens is 384 g/mol. The lowest BCUT2D eigenvalue weighted by Crippen LogP contribution is -2.16. The van der Waals surface area contributed by atoms with Crippen molar-refractivity contribution in [1.29, 1.82) is 0 Å². The highest BCUT2D eigenvalue weighted by atomic mass is 32.1. The van der Waals surface area contributed by atoms with E-state index in [9.17, 15) is 9.59 Å². The summed E-state index contributed by atoms with van der Waals surface area (Å²) in [7, 11) is 1.54. The Labute approximate surface area is 166 Å². The number of aromatic nitrogens is 1. The highest BCUT2D eigenvalue weighted by Gasteiger charge is 2.19. The van der Waals surface area contributed by atoms with Crippen LogP contribution in [0.15, 0.2) is 18.2 Å². The molecule has 0 spiro atoms. The number of ether oxygens (including phenoxy) is 4. The van der Waals surface area contributed by atoms with Gasteiger partial charge in [-0.1, -0.05) is 11.3 Å². The van der Waals surface area contributed by atoms with Gasteiger partial charge in [0.25, 0.3) is 0 Å². The topological polar surface area (TPSA) is 96.0 Å². The number of nitrogens with zero attached hydrogens (tertiary/aromatic N) is 1. The van der Waals surface area contributed by atoms with Crippen LogP contribution in [0.4, 0.5) is 5.13 Å². The van der Waals surface area contributed by atoms with Gasteiger partial charge in [0.1, 0.15) is 18.1 Å². The Bertz CT molecular complexity index is 904. The molecule has 1 aliphatic heterocycles. The molecule has 0 unspecified atom stereocenters. The van der Waals surface area contributed by atoms with E-state index in [1.54, 1.807) is 39.2 Å². The number of thiazole rings is 1. The van der Waals surface area contributed by atoms with Crippen molar-refractivity contribution in [2.24, 2.45) is 0 Å². The van der Waals surface area contributed by atoms with Crippen molar-refractivity contribution in [3.8, 4) is 17.2 Å². The van der Waals surface area contributed by atoms with E-state index in [1.807, 2.05) is 0 Å². The summed E-state index contributed by atoms with van der Waals surface area (Å²) in [6.07, 6.45) is 2.99. The zero-order valence-electron chi connectivity index (χ0n) is 15.7. The molecule has 1 aromatic heterocycles. The summed E-state index contributed by atoms with van der Waals surface area (Å²) >= 11 is 1.07. The maximum atomic E-state index is 12.2. The standard InChI is InChI=1S/C19H20N2O6S/c1-4-25-18(23)17-11(2)20-19(28-17)21-15(22)6-5-12-9-13(24-3)16-14(10-12)26-7-8-27-16/h5-6,9-10H,4,7-8H2,1-3H3,(H,20,21,22)/b6-5+. The molecule has 2 aromatic rings. The van der Waals surface area contributed by atoms with E-state index < -0.39 is 5.97 Å². The van der Waals surface area contributed by atoms with E-state index in [1.165, 1.54) is 6.08 Å². The Morgan fingerprint density at radius 3 is 2.86 bits per heavy atom. The number of carbonyl (C=O) groups is 2. The minimum absolute atomic E-state index is 0.277. The first-order valence-corrected chi connectivity index (χ1v) is 9.44. The molecular formula is C19H20N2O6S. The zero-order chi connectivity index (χ0) is 20.1. The summed E-state index contributed by atoms with van der Waals surface area (Å²) in [4.78, 5) is 28.6. The van der Waals surface area contributed by atoms with Crippen molar-refractivity contribution in [2.75, 3.05) is 32.2 Å². The first-order valence-electron chi connectivity index (χ1n) is 8.63. The molecule has 9 heteroatoms. The fourth-order valence-electron chi connectivity index (χ4n) is 2.54. The van der Waals surface area contributed by atoms with E-state index in [2.05, 4.69) is 10.3 Å². The van der Waals surface area contributed by atoms with E-state index in [0.717, 1.165) is 16.9 Å². The Morgan fingerprint density at radius 1 is 1.32 bits per heavy atom. The molecule has 1 aliphatic rings. The van der Waals surface area contributed by atoms with Gasteiger partial charge in [-0.3, -0.25) is 10.1 Å². The second-order valence-electron chi connectivity index (χ2n) is 5.72. The SMILES string of the molecule is CCOC(=O)c1sc(NC(=O)/C=C/c2cc(OC)c3c(c2)OCCO3)nc1C. The van der Waals surface area contributed by atoms with Crippen LogP contribution in [0.3, 0.4) is 0 Å². The molecule has 1 N–H and O–H groups in total. The van der Waals surface area contributed by atoms with Crippen LogP contribution in [0.1, 0.15) is 27.9 Å². The predicted molar refractivity (Wildman–Crippen MR) is 104 cm³/mol. The van der Waals surface area contributed by atoms with Gasteiger partial charge in [0, 0.05) is 6.08 Å². The third kappa shape index (κ3) is 4.42. The van der Waals surface area contributed by atoms with Crippen LogP contribution in [0, 0.1) is 6.92 Å². The number of nitrogens with one attached hydrogen (secondary N) is 1. The molecule has 0 atom stereocenters. The van der Waals surface area contributed by atoms with Gasteiger partial charge in [-0.2, -0.15) is 0 Å². The predicted octanol–water partition coefficient (Wildman–Crippen LogP) is 3.06. The van der Waals surface area contributed by atoms with Gasteiger partial charge in [-0.25, -0.2) is 9.78 Å². The number of carbonyl (C=O) groups excluding carboxylic acids is 2. The number of fused-ring (bicyclic) bond motifs is 1. The van der Waals surface area contributed by atoms with Gasteiger partial charge in [-0.05, 0) is 37.6 Å². The summed E-state index contributed by atoms with van der Waals surface area (Å²) in [6, 6.07) is 3.52. The number of rotatable bonds is 6. The van der Waals surface area contributed by atoms with Crippen LogP contribution in [-0.4, -0.2) is 43.8 Å². The van der Waals surface area contributed by atoms with Crippen LogP contribution in [0.2, 0.25) is 0 Å². The second-order valence-corrected chi connectivity index (χ2v) is 6.72. The molecule has 3 rings (SSSR count). The van der Waals surface area contributed by atoms with Gasteiger partial charge in [0.2, 0.25) is 11.7 Å². The Hall–Kier alpha value is -3.07. The van der Waals surface area contributed by atoms with Crippen LogP contribution in [0.25, 0.3) is 6.08 Å². The number of methoxy groups -OCH3 is 1. The molecule has 0 radical (unpaired) electrons. The van der Waals surface area contributed by atoms with Crippen molar-refractivity contribution in [2.45, 2.75) is 13.8 Å². The zero-order valence-corrected chi connectivity index (χ0v) is 16.6. The van der Waals surface area contributed by atoms with Gasteiger partial charge in [0.05, 0.1) is 19.4 Å². The largest absolute Gasteiger partial charge is 0.493 e. The lowest BCUT2D eigenvalue weighted by atomic mass is 10.1. The van der Waals surface area contributed by atoms with Gasteiger partial charge >= 0.3 is 5.97 Å². The maximum absolute atomic E-state index is 12.2. The third-order valence-corrected chi connectivity index (χ3v) is 4.82. The molecule has 2 heterocycles. The summed E-state index contributed by atoms with van der Waals surface area (Å²) in [5.41, 5.74) is 1.23. The monoisotopic (exact) mass is 404 g/mol. The lowest BCUT2D eigenvalue weighted by Gasteiger charge is -2.20. The average molecular weight is 404 g/mol. The second kappa shape index (κ2) is 8.75. The van der Waals surface area contributed by atoms with Gasteiger partial charge in [-0.15, -0.1) is 0 Å². The number of hydrogen-bond acceptors (Lipinski definition) is 8. The first-order chi connectivity index (χ1) is 13.5. The van der Waals surface area contributed by atoms with Gasteiger partial charge < -0.3 is 18.9 Å². The molecule has 0 aliphatic carbocycles. The minimum atomic E-state index is -0.447. The summed E-state index contributed by atoms with van der Waals surface area (Å²) in [5.74, 6) is 0.835. The minimum Gasteiger partial charge on any atom is -0.493 e. The molecule has 0 fully saturated rings. The first kappa shape index (κ1) is 19.7. The highest BCUT2D eigenvalue weighted by Crippen LogP contribution is 2.40. The van der Waals surface area contributed by atoms with Crippen LogP contribution < -0.4 is 19.5 Å². The average Bonchev–Trinajstić information content (AvgIpc) is 3.06. The Balaban J connectivity index is 1.71. The van der Waals surface area contributed by atoms with E-state index in [-0.39, 0.29) is 12.5 Å². The molecule has 28 heavy (non-hydrogen) atoms.